The van der Waals surface area contributed by atoms with Gasteiger partial charge in [0.05, 0.1) is 6.61 Å². The highest BCUT2D eigenvalue weighted by Gasteiger charge is 2.40. The van der Waals surface area contributed by atoms with Crippen LogP contribution >= 0.6 is 0 Å². The summed E-state index contributed by atoms with van der Waals surface area (Å²) in [5.41, 5.74) is 17.0. The van der Waals surface area contributed by atoms with E-state index in [1.165, 1.54) is 29.2 Å². The molecule has 2 rings (SSSR count). The Morgan fingerprint density at radius 1 is 0.758 bits per heavy atom. The number of likely N-dealkylation sites (tertiary alicyclic amines) is 1. The summed E-state index contributed by atoms with van der Waals surface area (Å²) < 4.78 is 0. The van der Waals surface area contributed by atoms with E-state index in [1.54, 1.807) is 27.7 Å². The fourth-order valence-electron chi connectivity index (χ4n) is 6.72. The lowest BCUT2D eigenvalue weighted by molar-refractivity contribution is -0.143. The zero-order valence-corrected chi connectivity index (χ0v) is 35.7. The van der Waals surface area contributed by atoms with Crippen LogP contribution in [-0.4, -0.2) is 141 Å². The number of carboxylic acids is 2. The summed E-state index contributed by atoms with van der Waals surface area (Å²) in [4.78, 5) is 111. The number of rotatable bonds is 26. The lowest BCUT2D eigenvalue weighted by Gasteiger charge is -2.31. The molecule has 62 heavy (non-hydrogen) atoms. The van der Waals surface area contributed by atoms with Gasteiger partial charge in [0, 0.05) is 25.9 Å². The van der Waals surface area contributed by atoms with Gasteiger partial charge in [0.25, 0.3) is 0 Å². The van der Waals surface area contributed by atoms with Gasteiger partial charge in [0.1, 0.15) is 48.0 Å². The molecular weight excluding hydrogens is 812 g/mol. The topological polar surface area (TPSA) is 371 Å². The molecule has 6 amide bonds. The highest BCUT2D eigenvalue weighted by atomic mass is 16.4. The molecule has 1 aromatic carbocycles. The van der Waals surface area contributed by atoms with Crippen LogP contribution in [-0.2, 0) is 44.8 Å². The first-order chi connectivity index (χ1) is 29.1. The molecule has 1 aliphatic heterocycles. The summed E-state index contributed by atoms with van der Waals surface area (Å²) >= 11 is 0. The Morgan fingerprint density at radius 2 is 1.29 bits per heavy atom. The van der Waals surface area contributed by atoms with Gasteiger partial charge in [0.15, 0.2) is 5.96 Å². The molecule has 7 atom stereocenters. The number of nitrogens with two attached hydrogens (primary N) is 3. The fourth-order valence-corrected chi connectivity index (χ4v) is 6.72. The molecule has 0 aliphatic carbocycles. The van der Waals surface area contributed by atoms with E-state index in [9.17, 15) is 58.8 Å². The van der Waals surface area contributed by atoms with Gasteiger partial charge in [-0.25, -0.2) is 4.79 Å². The maximum absolute atomic E-state index is 14.4. The molecule has 1 fully saturated rings. The Hall–Kier alpha value is -6.03. The van der Waals surface area contributed by atoms with Gasteiger partial charge in [-0.3, -0.25) is 38.6 Å². The van der Waals surface area contributed by atoms with E-state index in [0.29, 0.717) is 12.0 Å². The number of nitrogens with one attached hydrogen (secondary N) is 5. The second kappa shape index (κ2) is 25.7. The van der Waals surface area contributed by atoms with Gasteiger partial charge in [-0.05, 0) is 74.5 Å². The number of benzene rings is 1. The molecule has 1 heterocycles. The molecule has 0 radical (unpaired) electrons. The summed E-state index contributed by atoms with van der Waals surface area (Å²) in [5, 5.41) is 51.0. The maximum Gasteiger partial charge on any atom is 0.326 e. The van der Waals surface area contributed by atoms with Gasteiger partial charge < -0.3 is 69.1 Å². The molecule has 1 aromatic rings. The second-order valence-electron chi connectivity index (χ2n) is 16.1. The summed E-state index contributed by atoms with van der Waals surface area (Å²) in [6.45, 7) is 6.55. The molecule has 0 aromatic heterocycles. The molecule has 346 valence electrons. The van der Waals surface area contributed by atoms with Crippen molar-refractivity contribution in [2.45, 2.75) is 128 Å². The predicted molar refractivity (Wildman–Crippen MR) is 225 cm³/mol. The summed E-state index contributed by atoms with van der Waals surface area (Å²) in [6, 6.07) is -3.25. The number of aliphatic hydroxyl groups excluding tert-OH is 1. The maximum atomic E-state index is 14.4. The third kappa shape index (κ3) is 17.9. The van der Waals surface area contributed by atoms with Crippen molar-refractivity contribution in [3.05, 3.63) is 29.8 Å². The van der Waals surface area contributed by atoms with Crippen LogP contribution in [0.25, 0.3) is 0 Å². The van der Waals surface area contributed by atoms with Crippen LogP contribution < -0.4 is 43.8 Å². The van der Waals surface area contributed by atoms with Gasteiger partial charge in [-0.2, -0.15) is 0 Å². The third-order valence-electron chi connectivity index (χ3n) is 9.88. The van der Waals surface area contributed by atoms with Crippen LogP contribution in [0, 0.1) is 11.8 Å². The van der Waals surface area contributed by atoms with Crippen molar-refractivity contribution in [1.82, 2.24) is 31.5 Å². The highest BCUT2D eigenvalue weighted by molar-refractivity contribution is 5.97. The van der Waals surface area contributed by atoms with Crippen LogP contribution in [0.15, 0.2) is 29.3 Å². The molecule has 1 aliphatic rings. The molecule has 1 saturated heterocycles. The summed E-state index contributed by atoms with van der Waals surface area (Å²) in [6.07, 6.45) is -0.145. The second-order valence-corrected chi connectivity index (χ2v) is 16.1. The first-order valence-electron chi connectivity index (χ1n) is 20.6. The molecule has 0 unspecified atom stereocenters. The minimum Gasteiger partial charge on any atom is -0.508 e. The number of phenolic OH excluding ortho intramolecular Hbond substituents is 1. The minimum atomic E-state index is -1.47. The zero-order valence-electron chi connectivity index (χ0n) is 35.7. The smallest absolute Gasteiger partial charge is 0.326 e. The fraction of sp³-hybridized carbons (Fsp3) is 0.625. The number of hydrogen-bond acceptors (Lipinski definition) is 12. The average Bonchev–Trinajstić information content (AvgIpc) is 3.69. The monoisotopic (exact) mass is 876 g/mol. The largest absolute Gasteiger partial charge is 0.508 e. The quantitative estimate of drug-likeness (QED) is 0.0266. The van der Waals surface area contributed by atoms with Crippen molar-refractivity contribution in [2.24, 2.45) is 34.0 Å². The zero-order chi connectivity index (χ0) is 46.7. The number of guanidine groups is 1. The number of hydrogen-bond donors (Lipinski definition) is 12. The van der Waals surface area contributed by atoms with E-state index in [0.717, 1.165) is 0 Å². The van der Waals surface area contributed by atoms with Crippen LogP contribution in [0.3, 0.4) is 0 Å². The number of aliphatic imine (C=N–C) groups is 1. The Balaban J connectivity index is 2.40. The Labute approximate surface area is 360 Å². The lowest BCUT2D eigenvalue weighted by Crippen LogP contribution is -2.60. The summed E-state index contributed by atoms with van der Waals surface area (Å²) in [7, 11) is 0. The van der Waals surface area contributed by atoms with Crippen molar-refractivity contribution in [1.29, 1.82) is 0 Å². The van der Waals surface area contributed by atoms with Crippen LogP contribution in [0.4, 0.5) is 0 Å². The van der Waals surface area contributed by atoms with Crippen molar-refractivity contribution < 1.29 is 58.8 Å². The first-order valence-corrected chi connectivity index (χ1v) is 20.6. The number of aliphatic hydroxyl groups is 1. The number of phenols is 1. The van der Waals surface area contributed by atoms with Crippen molar-refractivity contribution in [3.8, 4) is 5.75 Å². The van der Waals surface area contributed by atoms with Crippen LogP contribution in [0.2, 0.25) is 0 Å². The average molecular weight is 877 g/mol. The molecule has 15 N–H and O–H groups in total. The van der Waals surface area contributed by atoms with E-state index < -0.39 is 103 Å². The highest BCUT2D eigenvalue weighted by Crippen LogP contribution is 2.22. The summed E-state index contributed by atoms with van der Waals surface area (Å²) in [5.74, 6) is -7.89. The van der Waals surface area contributed by atoms with Crippen LogP contribution in [0.1, 0.15) is 84.6 Å². The Morgan fingerprint density at radius 3 is 1.84 bits per heavy atom. The van der Waals surface area contributed by atoms with E-state index in [-0.39, 0.29) is 81.6 Å². The number of nitrogens with zero attached hydrogens (tertiary/aromatic N) is 2. The van der Waals surface area contributed by atoms with Gasteiger partial charge in [-0.1, -0.05) is 39.8 Å². The Kier molecular flexibility index (Phi) is 21.6. The molecule has 0 saturated carbocycles. The van der Waals surface area contributed by atoms with E-state index in [2.05, 4.69) is 31.6 Å². The van der Waals surface area contributed by atoms with Crippen molar-refractivity contribution >= 4 is 53.3 Å². The molecule has 22 nitrogen and oxygen atoms in total. The van der Waals surface area contributed by atoms with Gasteiger partial charge >= 0.3 is 11.9 Å². The molecule has 0 spiro atoms. The molecular formula is C40H64N10O12. The normalized spacial score (nSPS) is 16.5. The SMILES string of the molecule is CC(C)C[C@H](NC(=O)[C@H](CCC(=O)O)NC(=O)[C@H](CC(C)C)NC(=O)[C@@H]1CCCN1C(=O)[C@H](Cc1ccc(O)cc1)NC(=O)[C@H](CCCN=C(N)N)NC(=O)[C@@H](N)CO)C(=O)O. The molecule has 0 bridgehead atoms. The first kappa shape index (κ1) is 52.1. The van der Waals surface area contributed by atoms with Crippen molar-refractivity contribution in [3.63, 3.8) is 0 Å². The standard InChI is InChI=1S/C40H64N10O12/c1-21(2)17-28(36(58)46-27(13-14-32(53)54)35(57)49-30(39(61)62)18-22(3)4)47-37(59)31-8-6-16-50(31)38(60)29(19-23-9-11-24(52)12-10-23)48-34(56)26(7-5-15-44-40(42)43)45-33(55)25(41)20-51/h9-12,21-22,25-31,51-52H,5-8,13-20,41H2,1-4H3,(H,45,55)(H,46,58)(H,47,59)(H,48,56)(H,49,57)(H,53,54)(H,61,62)(H4,42,43,44)/t25-,26-,27-,28-,29-,30-,31-/m0/s1. The van der Waals surface area contributed by atoms with Gasteiger partial charge in [0.2, 0.25) is 35.4 Å². The number of carboxylic acid groups (broad SMARTS) is 2. The van der Waals surface area contributed by atoms with Gasteiger partial charge in [-0.15, -0.1) is 0 Å². The molecule has 22 heteroatoms. The number of aromatic hydroxyl groups is 1. The number of aliphatic carboxylic acids is 2. The lowest BCUT2D eigenvalue weighted by atomic mass is 10.0. The Bertz CT molecular complexity index is 1740. The number of carbonyl (C=O) groups is 8. The van der Waals surface area contributed by atoms with Crippen LogP contribution in [0.5, 0.6) is 5.75 Å². The minimum absolute atomic E-state index is 0.00240. The van der Waals surface area contributed by atoms with E-state index >= 15 is 0 Å². The third-order valence-corrected chi connectivity index (χ3v) is 9.88. The predicted octanol–water partition coefficient (Wildman–Crippen LogP) is -2.24. The number of carbonyl (C=O) groups excluding carboxylic acids is 6. The van der Waals surface area contributed by atoms with E-state index in [1.807, 2.05) is 0 Å². The van der Waals surface area contributed by atoms with E-state index in [4.69, 9.17) is 17.2 Å². The van der Waals surface area contributed by atoms with Crippen molar-refractivity contribution in [2.75, 3.05) is 19.7 Å². The number of amides is 6.